The molecular formula is C39H42N4O6. The molecule has 3 aliphatic rings. The number of fused-ring (bicyclic) bond motifs is 2. The maximum Gasteiger partial charge on any atom is 0.415 e. The first-order valence-corrected chi connectivity index (χ1v) is 16.9. The Morgan fingerprint density at radius 1 is 0.857 bits per heavy atom. The van der Waals surface area contributed by atoms with Crippen molar-refractivity contribution >= 4 is 18.0 Å². The minimum atomic E-state index is -1.01. The molecule has 1 atom stereocenters. The van der Waals surface area contributed by atoms with Crippen LogP contribution in [0.4, 0.5) is 4.79 Å². The lowest BCUT2D eigenvalue weighted by Crippen LogP contribution is -2.52. The highest BCUT2D eigenvalue weighted by Crippen LogP contribution is 2.35. The Balaban J connectivity index is 1.27. The summed E-state index contributed by atoms with van der Waals surface area (Å²) in [5.74, 6) is -0.635. The molecule has 0 aliphatic carbocycles. The third-order valence-electron chi connectivity index (χ3n) is 10.3. The number of rotatable bonds is 6. The fraction of sp³-hybridized carbons (Fsp3) is 0.359. The lowest BCUT2D eigenvalue weighted by molar-refractivity contribution is 0.0193. The number of aryl methyl sites for hydroxylation is 1. The molecule has 4 aromatic rings. The van der Waals surface area contributed by atoms with Crippen molar-refractivity contribution in [3.8, 4) is 17.0 Å². The number of aromatic nitrogens is 1. The van der Waals surface area contributed by atoms with Crippen molar-refractivity contribution in [2.24, 2.45) is 7.05 Å². The van der Waals surface area contributed by atoms with Gasteiger partial charge in [0.2, 0.25) is 0 Å². The molecule has 1 N–H and O–H groups in total. The topological polar surface area (TPSA) is 105 Å². The monoisotopic (exact) mass is 662 g/mol. The van der Waals surface area contributed by atoms with Gasteiger partial charge < -0.3 is 28.9 Å². The summed E-state index contributed by atoms with van der Waals surface area (Å²) >= 11 is 0. The van der Waals surface area contributed by atoms with Crippen LogP contribution in [0.2, 0.25) is 0 Å². The third kappa shape index (κ3) is 6.58. The molecule has 0 radical (unpaired) electrons. The summed E-state index contributed by atoms with van der Waals surface area (Å²) in [4.78, 5) is 46.5. The van der Waals surface area contributed by atoms with Gasteiger partial charge in [0, 0.05) is 74.9 Å². The highest BCUT2D eigenvalue weighted by atomic mass is 16.6. The molecule has 49 heavy (non-hydrogen) atoms. The number of carbonyl (C=O) groups excluding carboxylic acids is 2. The van der Waals surface area contributed by atoms with Crippen molar-refractivity contribution in [3.63, 3.8) is 0 Å². The zero-order valence-electron chi connectivity index (χ0n) is 28.3. The molecule has 10 nitrogen and oxygen atoms in total. The quantitative estimate of drug-likeness (QED) is 0.292. The second-order valence-corrected chi connectivity index (χ2v) is 13.4. The highest BCUT2D eigenvalue weighted by molar-refractivity contribution is 6.02. The second-order valence-electron chi connectivity index (χ2n) is 13.4. The van der Waals surface area contributed by atoms with Crippen LogP contribution >= 0.6 is 0 Å². The zero-order valence-corrected chi connectivity index (χ0v) is 28.3. The molecular weight excluding hydrogens is 620 g/mol. The number of morpholine rings is 1. The molecule has 10 heteroatoms. The number of amides is 2. The smallest absolute Gasteiger partial charge is 0.415 e. The van der Waals surface area contributed by atoms with Crippen LogP contribution in [0.5, 0.6) is 5.75 Å². The van der Waals surface area contributed by atoms with Gasteiger partial charge in [0.25, 0.3) is 5.91 Å². The first-order chi connectivity index (χ1) is 23.7. The molecule has 4 heterocycles. The number of carboxylic acids is 1. The van der Waals surface area contributed by atoms with Crippen molar-refractivity contribution in [2.75, 3.05) is 39.4 Å². The number of benzene rings is 3. The lowest BCUT2D eigenvalue weighted by Gasteiger charge is -2.41. The van der Waals surface area contributed by atoms with Crippen molar-refractivity contribution in [2.45, 2.75) is 45.8 Å². The largest absolute Gasteiger partial charge is 0.478 e. The third-order valence-corrected chi connectivity index (χ3v) is 10.3. The number of carboxylic acid groups (broad SMARTS) is 1. The Kier molecular flexibility index (Phi) is 9.00. The SMILES string of the molecule is Cc1ccc(OC(=O)N2CCc3cc(-c4cc(C(=O)O)c(C)n4C)c(C(=O)N4Cc5ccccc5C[C@H]4CN4CCOCC4)cc3C2)cc1. The average Bonchev–Trinajstić information content (AvgIpc) is 3.41. The van der Waals surface area contributed by atoms with Gasteiger partial charge in [0.05, 0.1) is 18.8 Å². The van der Waals surface area contributed by atoms with E-state index in [4.69, 9.17) is 9.47 Å². The van der Waals surface area contributed by atoms with E-state index in [0.29, 0.717) is 67.5 Å². The normalized spacial score (nSPS) is 17.7. The van der Waals surface area contributed by atoms with Crippen molar-refractivity contribution in [1.29, 1.82) is 0 Å². The fourth-order valence-electron chi connectivity index (χ4n) is 7.32. The molecule has 1 aromatic heterocycles. The van der Waals surface area contributed by atoms with Crippen LogP contribution < -0.4 is 4.74 Å². The van der Waals surface area contributed by atoms with E-state index in [-0.39, 0.29) is 17.5 Å². The van der Waals surface area contributed by atoms with Crippen molar-refractivity contribution in [3.05, 3.63) is 111 Å². The molecule has 7 rings (SSSR count). The van der Waals surface area contributed by atoms with Crippen LogP contribution in [0.25, 0.3) is 11.3 Å². The van der Waals surface area contributed by atoms with Crippen molar-refractivity contribution in [1.82, 2.24) is 19.3 Å². The molecule has 1 saturated heterocycles. The van der Waals surface area contributed by atoms with Gasteiger partial charge in [0.1, 0.15) is 5.75 Å². The Morgan fingerprint density at radius 2 is 1.59 bits per heavy atom. The first kappa shape index (κ1) is 32.6. The van der Waals surface area contributed by atoms with E-state index < -0.39 is 12.1 Å². The van der Waals surface area contributed by atoms with Crippen LogP contribution in [-0.2, 0) is 37.7 Å². The van der Waals surface area contributed by atoms with E-state index >= 15 is 4.79 Å². The van der Waals surface area contributed by atoms with E-state index in [1.807, 2.05) is 53.8 Å². The molecule has 0 spiro atoms. The number of nitrogens with zero attached hydrogens (tertiary/aromatic N) is 4. The molecule has 3 aliphatic heterocycles. The number of hydrogen-bond acceptors (Lipinski definition) is 6. The summed E-state index contributed by atoms with van der Waals surface area (Å²) in [5.41, 5.74) is 8.04. The van der Waals surface area contributed by atoms with Gasteiger partial charge in [-0.2, -0.15) is 0 Å². The van der Waals surface area contributed by atoms with Crippen LogP contribution in [0, 0.1) is 13.8 Å². The van der Waals surface area contributed by atoms with Gasteiger partial charge in [-0.3, -0.25) is 9.69 Å². The van der Waals surface area contributed by atoms with Crippen LogP contribution in [0.15, 0.2) is 66.7 Å². The van der Waals surface area contributed by atoms with Crippen LogP contribution in [-0.4, -0.2) is 87.8 Å². The minimum Gasteiger partial charge on any atom is -0.478 e. The Bertz CT molecular complexity index is 1910. The molecule has 3 aromatic carbocycles. The van der Waals surface area contributed by atoms with E-state index in [9.17, 15) is 14.7 Å². The second kappa shape index (κ2) is 13.5. The summed E-state index contributed by atoms with van der Waals surface area (Å²) < 4.78 is 13.2. The fourth-order valence-corrected chi connectivity index (χ4v) is 7.32. The molecule has 0 unspecified atom stereocenters. The number of ether oxygens (including phenoxy) is 2. The van der Waals surface area contributed by atoms with Crippen molar-refractivity contribution < 1.29 is 29.0 Å². The van der Waals surface area contributed by atoms with Gasteiger partial charge >= 0.3 is 12.1 Å². The average molecular weight is 663 g/mol. The Labute approximate surface area is 286 Å². The Morgan fingerprint density at radius 3 is 2.31 bits per heavy atom. The van der Waals surface area contributed by atoms with Crippen LogP contribution in [0.1, 0.15) is 54.2 Å². The Hall–Kier alpha value is -4.93. The van der Waals surface area contributed by atoms with E-state index in [1.54, 1.807) is 30.0 Å². The number of aromatic carboxylic acids is 1. The molecule has 0 bridgehead atoms. The molecule has 254 valence electrons. The van der Waals surface area contributed by atoms with Gasteiger partial charge in [-0.15, -0.1) is 0 Å². The minimum absolute atomic E-state index is 0.0601. The zero-order chi connectivity index (χ0) is 34.2. The van der Waals surface area contributed by atoms with Crippen LogP contribution in [0.3, 0.4) is 0 Å². The summed E-state index contributed by atoms with van der Waals surface area (Å²) in [5, 5.41) is 9.96. The summed E-state index contributed by atoms with van der Waals surface area (Å²) in [6.07, 6.45) is 0.880. The standard InChI is InChI=1S/C39H42N4O6/c1-25-8-10-32(11-9-25)49-39(47)42-13-12-28-19-34(36-21-33(38(45)46)26(2)40(36)3)35(20-30(28)22-42)37(44)43-23-29-7-5-4-6-27(29)18-31(43)24-41-14-16-48-17-15-41/h4-11,19-21,31H,12-18,22-24H2,1-3H3,(H,45,46)/t31-/m0/s1. The summed E-state index contributed by atoms with van der Waals surface area (Å²) in [6.45, 7) is 8.71. The summed E-state index contributed by atoms with van der Waals surface area (Å²) in [6, 6.07) is 21.2. The predicted octanol–water partition coefficient (Wildman–Crippen LogP) is 5.46. The van der Waals surface area contributed by atoms with E-state index in [0.717, 1.165) is 48.3 Å². The number of hydrogen-bond donors (Lipinski definition) is 1. The predicted molar refractivity (Wildman–Crippen MR) is 185 cm³/mol. The molecule has 2 amide bonds. The van der Waals surface area contributed by atoms with E-state index in [2.05, 4.69) is 23.1 Å². The van der Waals surface area contributed by atoms with E-state index in [1.165, 1.54) is 5.56 Å². The van der Waals surface area contributed by atoms with Gasteiger partial charge in [0.15, 0.2) is 0 Å². The maximum absolute atomic E-state index is 15.0. The first-order valence-electron chi connectivity index (χ1n) is 16.9. The molecule has 1 fully saturated rings. The lowest BCUT2D eigenvalue weighted by atomic mass is 9.89. The maximum atomic E-state index is 15.0. The van der Waals surface area contributed by atoms with Gasteiger partial charge in [-0.25, -0.2) is 9.59 Å². The highest BCUT2D eigenvalue weighted by Gasteiger charge is 2.35. The molecule has 0 saturated carbocycles. The van der Waals surface area contributed by atoms with Gasteiger partial charge in [-0.05, 0) is 79.3 Å². The number of carbonyl (C=O) groups is 3. The van der Waals surface area contributed by atoms with Gasteiger partial charge in [-0.1, -0.05) is 42.0 Å². The summed E-state index contributed by atoms with van der Waals surface area (Å²) in [7, 11) is 1.84.